The summed E-state index contributed by atoms with van der Waals surface area (Å²) in [7, 11) is 0. The molecule has 62 heavy (non-hydrogen) atoms. The van der Waals surface area contributed by atoms with Gasteiger partial charge in [-0.25, -0.2) is 0 Å². The smallest absolute Gasteiger partial charge is 0.0541 e. The summed E-state index contributed by atoms with van der Waals surface area (Å²) in [6.07, 6.45) is 0. The van der Waals surface area contributed by atoms with Crippen molar-refractivity contribution < 1.29 is 0 Å². The summed E-state index contributed by atoms with van der Waals surface area (Å²) in [4.78, 5) is 2.44. The van der Waals surface area contributed by atoms with Gasteiger partial charge in [0.15, 0.2) is 0 Å². The van der Waals surface area contributed by atoms with Crippen LogP contribution in [0.15, 0.2) is 243 Å². The van der Waals surface area contributed by atoms with Crippen LogP contribution in [0.4, 0.5) is 17.1 Å². The molecule has 0 unspecified atom stereocenters. The largest absolute Gasteiger partial charge is 0.310 e. The number of para-hydroxylation sites is 3. The van der Waals surface area contributed by atoms with Gasteiger partial charge in [0.1, 0.15) is 0 Å². The maximum absolute atomic E-state index is 2.45. The standard InChI is InChI=1S/C60H40N2/c1-4-22-47-41(16-1)19-13-28-48(47)44-34-36-45(37-35-44)61(57-33-15-21-43-18-3-6-24-50(43)57)46-38-39-52(56(40-46)51-29-14-20-42-17-2-5-23-49(42)51)53-25-7-10-30-58(53)62-59-31-11-8-26-54(59)55-27-9-12-32-60(55)62/h1-40H. The molecule has 0 fully saturated rings. The van der Waals surface area contributed by atoms with Crippen LogP contribution in [0.1, 0.15) is 0 Å². The molecule has 2 nitrogen and oxygen atoms in total. The van der Waals surface area contributed by atoms with Crippen LogP contribution in [0.3, 0.4) is 0 Å². The van der Waals surface area contributed by atoms with Gasteiger partial charge in [0.2, 0.25) is 0 Å². The van der Waals surface area contributed by atoms with Gasteiger partial charge >= 0.3 is 0 Å². The zero-order valence-electron chi connectivity index (χ0n) is 34.0. The first kappa shape index (κ1) is 35.7. The third kappa shape index (κ3) is 5.88. The van der Waals surface area contributed by atoms with Crippen LogP contribution in [-0.4, -0.2) is 4.57 Å². The molecule has 0 N–H and O–H groups in total. The first-order valence-corrected chi connectivity index (χ1v) is 21.3. The molecule has 0 atom stereocenters. The van der Waals surface area contributed by atoms with E-state index >= 15 is 0 Å². The summed E-state index contributed by atoms with van der Waals surface area (Å²) in [5.74, 6) is 0. The quantitative estimate of drug-likeness (QED) is 0.156. The molecule has 0 aliphatic heterocycles. The predicted octanol–water partition coefficient (Wildman–Crippen LogP) is 16.7. The Morgan fingerprint density at radius 1 is 0.274 bits per heavy atom. The molecule has 0 amide bonds. The topological polar surface area (TPSA) is 8.17 Å². The minimum atomic E-state index is 1.08. The Kier molecular flexibility index (Phi) is 8.53. The van der Waals surface area contributed by atoms with Crippen molar-refractivity contribution in [2.75, 3.05) is 4.90 Å². The Balaban J connectivity index is 1.11. The highest BCUT2D eigenvalue weighted by atomic mass is 15.1. The second-order valence-corrected chi connectivity index (χ2v) is 16.1. The summed E-state index contributed by atoms with van der Waals surface area (Å²) in [5.41, 5.74) is 14.0. The Labute approximate surface area is 360 Å². The number of anilines is 3. The van der Waals surface area contributed by atoms with Gasteiger partial charge in [-0.15, -0.1) is 0 Å². The zero-order valence-corrected chi connectivity index (χ0v) is 34.0. The van der Waals surface area contributed by atoms with Crippen molar-refractivity contribution in [3.8, 4) is 39.1 Å². The summed E-state index contributed by atoms with van der Waals surface area (Å²) < 4.78 is 2.45. The van der Waals surface area contributed by atoms with Gasteiger partial charge in [0.25, 0.3) is 0 Å². The van der Waals surface area contributed by atoms with Gasteiger partial charge < -0.3 is 9.47 Å². The van der Waals surface area contributed by atoms with Crippen LogP contribution in [0.2, 0.25) is 0 Å². The average molecular weight is 789 g/mol. The molecule has 12 aromatic rings. The summed E-state index contributed by atoms with van der Waals surface area (Å²) in [6.45, 7) is 0. The Bertz CT molecular complexity index is 3580. The van der Waals surface area contributed by atoms with Gasteiger partial charge in [0, 0.05) is 33.1 Å². The van der Waals surface area contributed by atoms with Crippen molar-refractivity contribution in [3.05, 3.63) is 243 Å². The predicted molar refractivity (Wildman–Crippen MR) is 264 cm³/mol. The number of hydrogen-bond acceptors (Lipinski definition) is 1. The molecule has 0 aliphatic carbocycles. The second-order valence-electron chi connectivity index (χ2n) is 16.1. The highest BCUT2D eigenvalue weighted by Gasteiger charge is 2.22. The fourth-order valence-corrected chi connectivity index (χ4v) is 9.77. The third-order valence-electron chi connectivity index (χ3n) is 12.6. The van der Waals surface area contributed by atoms with E-state index in [-0.39, 0.29) is 0 Å². The normalized spacial score (nSPS) is 11.5. The van der Waals surface area contributed by atoms with Crippen molar-refractivity contribution in [1.82, 2.24) is 4.57 Å². The van der Waals surface area contributed by atoms with Crippen molar-refractivity contribution in [1.29, 1.82) is 0 Å². The lowest BCUT2D eigenvalue weighted by atomic mass is 9.90. The molecule has 0 saturated heterocycles. The number of nitrogens with zero attached hydrogens (tertiary/aromatic N) is 2. The molecule has 0 spiro atoms. The number of hydrogen-bond donors (Lipinski definition) is 0. The van der Waals surface area contributed by atoms with Crippen LogP contribution < -0.4 is 4.90 Å². The molecular formula is C60H40N2. The maximum Gasteiger partial charge on any atom is 0.0541 e. The first-order valence-electron chi connectivity index (χ1n) is 21.3. The highest BCUT2D eigenvalue weighted by Crippen LogP contribution is 2.46. The van der Waals surface area contributed by atoms with Crippen molar-refractivity contribution in [2.24, 2.45) is 0 Å². The van der Waals surface area contributed by atoms with E-state index in [9.17, 15) is 0 Å². The fraction of sp³-hybridized carbons (Fsp3) is 0. The number of aromatic nitrogens is 1. The van der Waals surface area contributed by atoms with E-state index in [1.165, 1.54) is 87.5 Å². The van der Waals surface area contributed by atoms with E-state index in [2.05, 4.69) is 252 Å². The molecule has 2 heteroatoms. The summed E-state index contributed by atoms with van der Waals surface area (Å²) in [6, 6.07) is 88.7. The average Bonchev–Trinajstić information content (AvgIpc) is 3.68. The lowest BCUT2D eigenvalue weighted by Crippen LogP contribution is -2.11. The van der Waals surface area contributed by atoms with Crippen molar-refractivity contribution >= 4 is 71.2 Å². The van der Waals surface area contributed by atoms with Gasteiger partial charge in [-0.05, 0) is 103 Å². The van der Waals surface area contributed by atoms with Crippen LogP contribution >= 0.6 is 0 Å². The third-order valence-corrected chi connectivity index (χ3v) is 12.6. The van der Waals surface area contributed by atoms with E-state index in [0.717, 1.165) is 22.7 Å². The fourth-order valence-electron chi connectivity index (χ4n) is 9.77. The molecule has 11 aromatic carbocycles. The molecule has 0 bridgehead atoms. The molecule has 12 rings (SSSR count). The van der Waals surface area contributed by atoms with Gasteiger partial charge in [-0.2, -0.15) is 0 Å². The lowest BCUT2D eigenvalue weighted by Gasteiger charge is -2.28. The molecule has 290 valence electrons. The maximum atomic E-state index is 2.45. The Hall–Kier alpha value is -8.20. The van der Waals surface area contributed by atoms with Crippen molar-refractivity contribution in [2.45, 2.75) is 0 Å². The number of benzene rings is 11. The van der Waals surface area contributed by atoms with E-state index in [0.29, 0.717) is 0 Å². The minimum Gasteiger partial charge on any atom is -0.310 e. The van der Waals surface area contributed by atoms with Crippen molar-refractivity contribution in [3.63, 3.8) is 0 Å². The first-order chi connectivity index (χ1) is 30.8. The monoisotopic (exact) mass is 788 g/mol. The Morgan fingerprint density at radius 3 is 1.42 bits per heavy atom. The molecule has 0 radical (unpaired) electrons. The molecule has 1 heterocycles. The van der Waals surface area contributed by atoms with E-state index in [4.69, 9.17) is 0 Å². The van der Waals surface area contributed by atoms with Gasteiger partial charge in [-0.3, -0.25) is 0 Å². The van der Waals surface area contributed by atoms with Crippen LogP contribution in [0, 0.1) is 0 Å². The van der Waals surface area contributed by atoms with Crippen LogP contribution in [-0.2, 0) is 0 Å². The molecule has 0 saturated carbocycles. The van der Waals surface area contributed by atoms with E-state index in [1.807, 2.05) is 0 Å². The molecule has 0 aliphatic rings. The molecule has 1 aromatic heterocycles. The second kappa shape index (κ2) is 14.8. The van der Waals surface area contributed by atoms with E-state index < -0.39 is 0 Å². The SMILES string of the molecule is c1ccc(-n2c3ccccc3c3ccccc32)c(-c2ccc(N(c3ccc(-c4cccc5ccccc45)cc3)c3cccc4ccccc34)cc2-c2cccc3ccccc23)c1. The van der Waals surface area contributed by atoms with Crippen LogP contribution in [0.5, 0.6) is 0 Å². The highest BCUT2D eigenvalue weighted by molar-refractivity contribution is 6.11. The van der Waals surface area contributed by atoms with Gasteiger partial charge in [0.05, 0.1) is 22.4 Å². The lowest BCUT2D eigenvalue weighted by molar-refractivity contribution is 1.18. The zero-order chi connectivity index (χ0) is 41.0. The summed E-state index contributed by atoms with van der Waals surface area (Å²) >= 11 is 0. The Morgan fingerprint density at radius 2 is 0.742 bits per heavy atom. The van der Waals surface area contributed by atoms with Gasteiger partial charge in [-0.1, -0.05) is 194 Å². The molecular weight excluding hydrogens is 749 g/mol. The van der Waals surface area contributed by atoms with E-state index in [1.54, 1.807) is 0 Å². The minimum absolute atomic E-state index is 1.08. The number of fused-ring (bicyclic) bond motifs is 6. The van der Waals surface area contributed by atoms with Crippen LogP contribution in [0.25, 0.3) is 93.2 Å². The number of rotatable bonds is 7. The summed E-state index contributed by atoms with van der Waals surface area (Å²) in [5, 5.41) is 9.83.